The number of hydrogen-bond acceptors (Lipinski definition) is 6. The van der Waals surface area contributed by atoms with Crippen molar-refractivity contribution in [1.82, 2.24) is 15.2 Å². The van der Waals surface area contributed by atoms with Crippen molar-refractivity contribution in [3.8, 4) is 0 Å². The van der Waals surface area contributed by atoms with Crippen LogP contribution in [-0.2, 0) is 12.3 Å². The second-order valence-corrected chi connectivity index (χ2v) is 8.29. The Bertz CT molecular complexity index is 1000. The lowest BCUT2D eigenvalue weighted by atomic mass is 10.1. The minimum Gasteiger partial charge on any atom is -0.464 e. The lowest BCUT2D eigenvalue weighted by molar-refractivity contribution is 0.0954. The lowest BCUT2D eigenvalue weighted by Crippen LogP contribution is -2.25. The normalized spacial score (nSPS) is 10.8. The van der Waals surface area contributed by atoms with Gasteiger partial charge in [-0.15, -0.1) is 0 Å². The van der Waals surface area contributed by atoms with Crippen LogP contribution in [0.1, 0.15) is 32.2 Å². The molecule has 0 atom stereocenters. The fraction of sp³-hybridized carbons (Fsp3) is 0.261. The zero-order valence-corrected chi connectivity index (χ0v) is 18.4. The fourth-order valence-electron chi connectivity index (χ4n) is 2.85. The van der Waals surface area contributed by atoms with Crippen molar-refractivity contribution >= 4 is 29.3 Å². The molecule has 7 nitrogen and oxygen atoms in total. The monoisotopic (exact) mass is 438 g/mol. The van der Waals surface area contributed by atoms with Gasteiger partial charge in [-0.3, -0.25) is 14.6 Å². The zero-order chi connectivity index (χ0) is 22.1. The van der Waals surface area contributed by atoms with E-state index in [1.165, 1.54) is 0 Å². The summed E-state index contributed by atoms with van der Waals surface area (Å²) in [6.45, 7) is 1.32. The van der Waals surface area contributed by atoms with Gasteiger partial charge in [0, 0.05) is 41.5 Å². The maximum atomic E-state index is 12.4. The molecule has 1 aromatic carbocycles. The van der Waals surface area contributed by atoms with Crippen LogP contribution in [0.15, 0.2) is 65.3 Å². The Balaban J connectivity index is 1.42. The van der Waals surface area contributed by atoms with Crippen LogP contribution in [0.4, 0.5) is 5.69 Å². The molecule has 0 aliphatic heterocycles. The minimum atomic E-state index is -0.247. The first-order valence-electron chi connectivity index (χ1n) is 9.91. The number of nitrogens with zero attached hydrogens (tertiary/aromatic N) is 2. The average Bonchev–Trinajstić information content (AvgIpc) is 3.20. The molecule has 0 saturated carbocycles. The first-order valence-corrected chi connectivity index (χ1v) is 11.1. The molecule has 2 amide bonds. The lowest BCUT2D eigenvalue weighted by Gasteiger charge is -2.08. The molecular weight excluding hydrogens is 412 g/mol. The van der Waals surface area contributed by atoms with Gasteiger partial charge in [0.15, 0.2) is 0 Å². The number of anilines is 1. The largest absolute Gasteiger partial charge is 0.464 e. The number of hydrogen-bond donors (Lipinski definition) is 2. The van der Waals surface area contributed by atoms with E-state index in [-0.39, 0.29) is 11.8 Å². The van der Waals surface area contributed by atoms with Gasteiger partial charge in [-0.1, -0.05) is 6.07 Å². The van der Waals surface area contributed by atoms with Crippen molar-refractivity contribution in [3.05, 3.63) is 83.6 Å². The van der Waals surface area contributed by atoms with E-state index in [1.807, 2.05) is 26.2 Å². The van der Waals surface area contributed by atoms with Crippen LogP contribution >= 0.6 is 11.8 Å². The topological polar surface area (TPSA) is 87.5 Å². The number of pyridine rings is 1. The van der Waals surface area contributed by atoms with Crippen LogP contribution in [-0.4, -0.2) is 48.1 Å². The Labute approximate surface area is 186 Å². The van der Waals surface area contributed by atoms with Crippen LogP contribution in [0.2, 0.25) is 0 Å². The van der Waals surface area contributed by atoms with Gasteiger partial charge in [0.05, 0.1) is 12.3 Å². The summed E-state index contributed by atoms with van der Waals surface area (Å²) in [6.07, 6.45) is 3.12. The fourth-order valence-corrected chi connectivity index (χ4v) is 3.60. The second kappa shape index (κ2) is 11.3. The van der Waals surface area contributed by atoms with Gasteiger partial charge in [-0.25, -0.2) is 0 Å². The number of thioether (sulfide) groups is 1. The summed E-state index contributed by atoms with van der Waals surface area (Å²) >= 11 is 1.70. The molecular formula is C23H26N4O3S. The van der Waals surface area contributed by atoms with Gasteiger partial charge in [-0.2, -0.15) is 11.8 Å². The minimum absolute atomic E-state index is 0.174. The van der Waals surface area contributed by atoms with Crippen LogP contribution < -0.4 is 10.6 Å². The van der Waals surface area contributed by atoms with E-state index in [0.29, 0.717) is 23.4 Å². The van der Waals surface area contributed by atoms with Crippen molar-refractivity contribution in [2.24, 2.45) is 0 Å². The smallest absolute Gasteiger partial charge is 0.255 e. The van der Waals surface area contributed by atoms with E-state index in [0.717, 1.165) is 29.6 Å². The predicted molar refractivity (Wildman–Crippen MR) is 123 cm³/mol. The molecule has 8 heteroatoms. The summed E-state index contributed by atoms with van der Waals surface area (Å²) in [4.78, 5) is 30.6. The van der Waals surface area contributed by atoms with E-state index in [2.05, 4.69) is 20.5 Å². The molecule has 0 radical (unpaired) electrons. The molecule has 0 aliphatic rings. The van der Waals surface area contributed by atoms with Gasteiger partial charge in [-0.05, 0) is 56.6 Å². The van der Waals surface area contributed by atoms with Gasteiger partial charge in [0.25, 0.3) is 11.8 Å². The van der Waals surface area contributed by atoms with Gasteiger partial charge in [0.1, 0.15) is 11.5 Å². The van der Waals surface area contributed by atoms with Crippen molar-refractivity contribution in [2.45, 2.75) is 12.3 Å². The molecule has 3 rings (SSSR count). The highest BCUT2D eigenvalue weighted by Gasteiger charge is 2.09. The average molecular weight is 439 g/mol. The third-order valence-electron chi connectivity index (χ3n) is 4.29. The quantitative estimate of drug-likeness (QED) is 0.470. The highest BCUT2D eigenvalue weighted by molar-refractivity contribution is 7.98. The van der Waals surface area contributed by atoms with Crippen LogP contribution in [0.25, 0.3) is 0 Å². The molecule has 2 heterocycles. The van der Waals surface area contributed by atoms with E-state index >= 15 is 0 Å². The van der Waals surface area contributed by atoms with Crippen molar-refractivity contribution in [1.29, 1.82) is 0 Å². The number of rotatable bonds is 10. The molecule has 0 unspecified atom stereocenters. The van der Waals surface area contributed by atoms with Gasteiger partial charge in [0.2, 0.25) is 0 Å². The Hall–Kier alpha value is -3.10. The SMILES string of the molecule is CN(C)Cc1ccc(CSCCNC(=O)c2cccc(NC(=O)c3ccncc3)c2)o1. The standard InChI is InChI=1S/C23H26N4O3S/c1-27(2)15-20-6-7-21(30-20)16-31-13-12-25-22(28)18-4-3-5-19(14-18)26-23(29)17-8-10-24-11-9-17/h3-11,14H,12-13,15-16H2,1-2H3,(H,25,28)(H,26,29). The number of furan rings is 1. The number of nitrogens with one attached hydrogen (secondary N) is 2. The Morgan fingerprint density at radius 3 is 2.55 bits per heavy atom. The van der Waals surface area contributed by atoms with Crippen molar-refractivity contribution < 1.29 is 14.0 Å². The summed E-state index contributed by atoms with van der Waals surface area (Å²) < 4.78 is 5.78. The molecule has 0 fully saturated rings. The maximum Gasteiger partial charge on any atom is 0.255 e. The van der Waals surface area contributed by atoms with Crippen molar-refractivity contribution in [2.75, 3.05) is 31.7 Å². The Kier molecular flexibility index (Phi) is 8.26. The molecule has 0 bridgehead atoms. The first-order chi connectivity index (χ1) is 15.0. The van der Waals surface area contributed by atoms with E-state index < -0.39 is 0 Å². The molecule has 162 valence electrons. The van der Waals surface area contributed by atoms with E-state index in [1.54, 1.807) is 60.6 Å². The molecule has 2 N–H and O–H groups in total. The Morgan fingerprint density at radius 2 is 1.77 bits per heavy atom. The van der Waals surface area contributed by atoms with Crippen LogP contribution in [0.3, 0.4) is 0 Å². The molecule has 0 spiro atoms. The van der Waals surface area contributed by atoms with Crippen LogP contribution in [0, 0.1) is 0 Å². The van der Waals surface area contributed by atoms with Crippen LogP contribution in [0.5, 0.6) is 0 Å². The second-order valence-electron chi connectivity index (χ2n) is 7.19. The van der Waals surface area contributed by atoms with E-state index in [9.17, 15) is 9.59 Å². The summed E-state index contributed by atoms with van der Waals surface area (Å²) in [6, 6.07) is 14.1. The molecule has 31 heavy (non-hydrogen) atoms. The summed E-state index contributed by atoms with van der Waals surface area (Å²) in [7, 11) is 4.01. The predicted octanol–water partition coefficient (Wildman–Crippen LogP) is 3.65. The molecule has 0 saturated heterocycles. The number of carbonyl (C=O) groups excluding carboxylic acids is 2. The molecule has 0 aliphatic carbocycles. The summed E-state index contributed by atoms with van der Waals surface area (Å²) in [5.74, 6) is 3.00. The van der Waals surface area contributed by atoms with Gasteiger partial charge >= 0.3 is 0 Å². The number of amides is 2. The zero-order valence-electron chi connectivity index (χ0n) is 17.6. The first kappa shape index (κ1) is 22.6. The highest BCUT2D eigenvalue weighted by Crippen LogP contribution is 2.16. The third-order valence-corrected chi connectivity index (χ3v) is 5.27. The molecule has 2 aromatic heterocycles. The number of benzene rings is 1. The summed E-state index contributed by atoms with van der Waals surface area (Å²) in [5, 5.41) is 5.71. The van der Waals surface area contributed by atoms with Crippen molar-refractivity contribution in [3.63, 3.8) is 0 Å². The number of carbonyl (C=O) groups is 2. The maximum absolute atomic E-state index is 12.4. The number of aromatic nitrogens is 1. The Morgan fingerprint density at radius 1 is 1.00 bits per heavy atom. The van der Waals surface area contributed by atoms with E-state index in [4.69, 9.17) is 4.42 Å². The summed E-state index contributed by atoms with van der Waals surface area (Å²) in [5.41, 5.74) is 1.57. The molecule has 3 aromatic rings. The highest BCUT2D eigenvalue weighted by atomic mass is 32.2. The third kappa shape index (κ3) is 7.27. The van der Waals surface area contributed by atoms with Gasteiger partial charge < -0.3 is 20.0 Å².